The quantitative estimate of drug-likeness (QED) is 0.412. The number of unbranched alkanes of at least 4 members (excludes halogenated alkanes) is 1. The van der Waals surface area contributed by atoms with Crippen molar-refractivity contribution in [2.75, 3.05) is 0 Å². The minimum absolute atomic E-state index is 0.0367. The minimum atomic E-state index is -0.429. The highest BCUT2D eigenvalue weighted by Crippen LogP contribution is 2.48. The van der Waals surface area contributed by atoms with E-state index in [-0.39, 0.29) is 19.9 Å². The Bertz CT molecular complexity index is 577. The van der Waals surface area contributed by atoms with Gasteiger partial charge in [-0.05, 0) is 51.2 Å². The molecule has 0 N–H and O–H groups in total. The third kappa shape index (κ3) is 3.80. The average molecular weight is 346 g/mol. The summed E-state index contributed by atoms with van der Waals surface area (Å²) in [6, 6.07) is 4.21. The predicted molar refractivity (Wildman–Crippen MR) is 101 cm³/mol. The maximum absolute atomic E-state index is 13.7. The second-order valence-corrected chi connectivity index (χ2v) is 8.42. The van der Waals surface area contributed by atoms with Crippen LogP contribution in [-0.4, -0.2) is 11.4 Å². The lowest BCUT2D eigenvalue weighted by atomic mass is 9.65. The van der Waals surface area contributed by atoms with Gasteiger partial charge in [-0.25, -0.2) is 0 Å². The molecule has 1 atom stereocenters. The molecule has 1 fully saturated rings. The Hall–Kier alpha value is -1.01. The van der Waals surface area contributed by atoms with Gasteiger partial charge in [0.15, 0.2) is 14.2 Å². The minimum Gasteiger partial charge on any atom is -0.293 e. The van der Waals surface area contributed by atoms with E-state index >= 15 is 0 Å². The van der Waals surface area contributed by atoms with Gasteiger partial charge in [-0.1, -0.05) is 56.7 Å². The number of carbonyl (C=O) groups excluding carboxylic acids is 1. The van der Waals surface area contributed by atoms with Gasteiger partial charge < -0.3 is 0 Å². The first-order valence-corrected chi connectivity index (χ1v) is 10.3. The number of aryl methyl sites for hydroxylation is 3. The molecule has 1 unspecified atom stereocenters. The van der Waals surface area contributed by atoms with Crippen LogP contribution in [0.1, 0.15) is 85.3 Å². The number of hydrogen-bond acceptors (Lipinski definition) is 2. The predicted octanol–water partition coefficient (Wildman–Crippen LogP) is 6.60. The Morgan fingerprint density at radius 2 is 1.71 bits per heavy atom. The number of rotatable bonds is 7. The van der Waals surface area contributed by atoms with Gasteiger partial charge in [0.2, 0.25) is 0 Å². The van der Waals surface area contributed by atoms with Crippen LogP contribution in [0.5, 0.6) is 0 Å². The molecule has 0 amide bonds. The van der Waals surface area contributed by atoms with Crippen molar-refractivity contribution in [3.8, 4) is 0 Å². The molecule has 3 heteroatoms. The van der Waals surface area contributed by atoms with E-state index in [4.69, 9.17) is 0 Å². The van der Waals surface area contributed by atoms with Gasteiger partial charge in [0.1, 0.15) is 0 Å². The lowest BCUT2D eigenvalue weighted by molar-refractivity contribution is 0.0692. The Labute approximate surface area is 148 Å². The second kappa shape index (κ2) is 8.39. The summed E-state index contributed by atoms with van der Waals surface area (Å²) in [7, 11) is 0.151. The average Bonchev–Trinajstić information content (AvgIpc) is 2.55. The first kappa shape index (κ1) is 19.3. The zero-order valence-electron chi connectivity index (χ0n) is 15.7. The summed E-state index contributed by atoms with van der Waals surface area (Å²) >= 11 is 0. The molecule has 0 heterocycles. The van der Waals surface area contributed by atoms with Crippen LogP contribution in [0.4, 0.5) is 0 Å². The van der Waals surface area contributed by atoms with Crippen molar-refractivity contribution in [3.63, 3.8) is 0 Å². The van der Waals surface area contributed by atoms with Crippen LogP contribution in [0.2, 0.25) is 0 Å². The topological polar surface area (TPSA) is 34.1 Å². The van der Waals surface area contributed by atoms with Crippen LogP contribution in [0.3, 0.4) is 0 Å². The molecule has 1 aliphatic rings. The Kier molecular flexibility index (Phi) is 6.75. The van der Waals surface area contributed by atoms with E-state index in [1.54, 1.807) is 0 Å². The van der Waals surface area contributed by atoms with Crippen LogP contribution in [-0.2, 0) is 4.57 Å². The number of hydrogen-bond donors (Lipinski definition) is 0. The van der Waals surface area contributed by atoms with E-state index in [0.717, 1.165) is 61.6 Å². The largest absolute Gasteiger partial charge is 0.293 e. The van der Waals surface area contributed by atoms with Gasteiger partial charge in [0, 0.05) is 11.0 Å². The van der Waals surface area contributed by atoms with E-state index < -0.39 is 5.41 Å². The van der Waals surface area contributed by atoms with Crippen molar-refractivity contribution in [1.29, 1.82) is 0 Å². The van der Waals surface area contributed by atoms with E-state index in [0.29, 0.717) is 0 Å². The molecular formula is C21H31O2P. The van der Waals surface area contributed by atoms with Gasteiger partial charge >= 0.3 is 0 Å². The van der Waals surface area contributed by atoms with Gasteiger partial charge in [0.25, 0.3) is 0 Å². The Balaban J connectivity index is 2.47. The molecule has 2 nitrogen and oxygen atoms in total. The molecule has 0 aromatic heterocycles. The molecule has 1 aromatic carbocycles. The number of benzene rings is 1. The van der Waals surface area contributed by atoms with Crippen molar-refractivity contribution < 1.29 is 9.36 Å². The van der Waals surface area contributed by atoms with Gasteiger partial charge in [0.05, 0.1) is 5.66 Å². The molecule has 0 bridgehead atoms. The molecule has 24 heavy (non-hydrogen) atoms. The maximum atomic E-state index is 13.7. The maximum Gasteiger partial charge on any atom is 0.170 e. The molecule has 1 saturated carbocycles. The standard InChI is InChI=1S/C21H31O2P/c1-5-6-10-18(24-23)21(11-8-7-9-12-21)20(22)19-16(3)13-15(2)14-17(19)4/h13-14,18H,5-12H2,1-4H3. The Morgan fingerprint density at radius 1 is 1.12 bits per heavy atom. The van der Waals surface area contributed by atoms with Crippen molar-refractivity contribution in [3.05, 3.63) is 34.4 Å². The van der Waals surface area contributed by atoms with E-state index in [1.807, 2.05) is 13.8 Å². The highest BCUT2D eigenvalue weighted by atomic mass is 31.1. The van der Waals surface area contributed by atoms with Gasteiger partial charge in [-0.15, -0.1) is 0 Å². The van der Waals surface area contributed by atoms with Crippen molar-refractivity contribution in [2.45, 2.75) is 84.7 Å². The smallest absolute Gasteiger partial charge is 0.170 e. The monoisotopic (exact) mass is 346 g/mol. The number of Topliss-reactive ketones (excluding diaryl/α,β-unsaturated/α-hetero) is 1. The summed E-state index contributed by atoms with van der Waals surface area (Å²) in [5, 5.41) is 0. The lowest BCUT2D eigenvalue weighted by Gasteiger charge is -2.40. The summed E-state index contributed by atoms with van der Waals surface area (Å²) in [6.45, 7) is 8.31. The summed E-state index contributed by atoms with van der Waals surface area (Å²) in [5.74, 6) is 0.252. The van der Waals surface area contributed by atoms with E-state index in [2.05, 4.69) is 26.0 Å². The fourth-order valence-electron chi connectivity index (χ4n) is 4.51. The third-order valence-corrected chi connectivity index (χ3v) is 6.71. The summed E-state index contributed by atoms with van der Waals surface area (Å²) in [5.41, 5.74) is 3.75. The molecule has 2 rings (SSSR count). The van der Waals surface area contributed by atoms with Crippen molar-refractivity contribution in [2.24, 2.45) is 5.41 Å². The first-order chi connectivity index (χ1) is 11.5. The zero-order valence-corrected chi connectivity index (χ0v) is 16.5. The molecule has 0 saturated heterocycles. The number of carbonyl (C=O) groups is 1. The molecule has 0 aliphatic heterocycles. The van der Waals surface area contributed by atoms with Crippen LogP contribution >= 0.6 is 8.46 Å². The SMILES string of the molecule is CCCCC(P=O)C1(C(=O)c2c(C)cc(C)cc2C)CCCCC1. The Morgan fingerprint density at radius 3 is 2.21 bits per heavy atom. The van der Waals surface area contributed by atoms with Crippen LogP contribution in [0.15, 0.2) is 12.1 Å². The third-order valence-electron chi connectivity index (χ3n) is 5.70. The summed E-state index contributed by atoms with van der Waals surface area (Å²) < 4.78 is 12.0. The second-order valence-electron chi connectivity index (χ2n) is 7.58. The van der Waals surface area contributed by atoms with E-state index in [9.17, 15) is 9.36 Å². The molecule has 1 aliphatic carbocycles. The highest BCUT2D eigenvalue weighted by molar-refractivity contribution is 7.24. The normalized spacial score (nSPS) is 18.5. The molecule has 0 spiro atoms. The van der Waals surface area contributed by atoms with Gasteiger partial charge in [-0.3, -0.25) is 9.36 Å². The lowest BCUT2D eigenvalue weighted by Crippen LogP contribution is -2.42. The molecule has 1 aromatic rings. The molecule has 0 radical (unpaired) electrons. The van der Waals surface area contributed by atoms with Crippen molar-refractivity contribution in [1.82, 2.24) is 0 Å². The number of ketones is 1. The molecular weight excluding hydrogens is 315 g/mol. The first-order valence-electron chi connectivity index (χ1n) is 9.41. The fraction of sp³-hybridized carbons (Fsp3) is 0.667. The fourth-order valence-corrected chi connectivity index (χ4v) is 5.37. The highest BCUT2D eigenvalue weighted by Gasteiger charge is 2.47. The van der Waals surface area contributed by atoms with Crippen LogP contribution in [0, 0.1) is 26.2 Å². The summed E-state index contributed by atoms with van der Waals surface area (Å²) in [6.07, 6.45) is 8.14. The van der Waals surface area contributed by atoms with E-state index in [1.165, 1.54) is 12.0 Å². The molecule has 132 valence electrons. The van der Waals surface area contributed by atoms with Gasteiger partial charge in [-0.2, -0.15) is 0 Å². The van der Waals surface area contributed by atoms with Crippen LogP contribution < -0.4 is 0 Å². The van der Waals surface area contributed by atoms with Crippen LogP contribution in [0.25, 0.3) is 0 Å². The summed E-state index contributed by atoms with van der Waals surface area (Å²) in [4.78, 5) is 13.7. The van der Waals surface area contributed by atoms with Crippen molar-refractivity contribution >= 4 is 14.2 Å². The zero-order chi connectivity index (χ0) is 17.7.